The molecule has 34 heavy (non-hydrogen) atoms. The molecule has 1 aliphatic heterocycles. The van der Waals surface area contributed by atoms with Crippen LogP contribution in [-0.2, 0) is 19.5 Å². The van der Waals surface area contributed by atoms with Crippen LogP contribution < -0.4 is 10.6 Å². The molecule has 0 fully saturated rings. The Kier molecular flexibility index (Phi) is 8.67. The maximum absolute atomic E-state index is 13.0. The van der Waals surface area contributed by atoms with Crippen molar-refractivity contribution in [3.05, 3.63) is 66.3 Å². The van der Waals surface area contributed by atoms with E-state index in [1.165, 1.54) is 23.5 Å². The molecule has 3 heterocycles. The molecule has 0 saturated heterocycles. The van der Waals surface area contributed by atoms with E-state index in [4.69, 9.17) is 11.6 Å². The summed E-state index contributed by atoms with van der Waals surface area (Å²) in [6.07, 6.45) is 1.80. The number of anilines is 1. The Morgan fingerprint density at radius 1 is 1.18 bits per heavy atom. The van der Waals surface area contributed by atoms with Gasteiger partial charge in [-0.3, -0.25) is 9.59 Å². The molecule has 0 aliphatic carbocycles. The number of carboxylic acids is 1. The maximum Gasteiger partial charge on any atom is 0.335 e. The lowest BCUT2D eigenvalue weighted by atomic mass is 10.1. The number of hydrogen-bond donors (Lipinski definition) is 3. The van der Waals surface area contributed by atoms with Crippen LogP contribution in [0.15, 0.2) is 30.3 Å². The molecule has 0 radical (unpaired) electrons. The molecule has 180 valence electrons. The van der Waals surface area contributed by atoms with Crippen LogP contribution in [0.4, 0.5) is 5.69 Å². The number of carboxylic acid groups (broad SMARTS) is 1. The van der Waals surface area contributed by atoms with Gasteiger partial charge < -0.3 is 20.6 Å². The first-order valence-electron chi connectivity index (χ1n) is 10.2. The van der Waals surface area contributed by atoms with E-state index >= 15 is 0 Å². The van der Waals surface area contributed by atoms with Crippen molar-refractivity contribution in [3.63, 3.8) is 0 Å². The zero-order valence-corrected chi connectivity index (χ0v) is 21.3. The second-order valence-corrected chi connectivity index (χ2v) is 10.4. The fourth-order valence-electron chi connectivity index (χ4n) is 3.49. The molecular formula is C22H22Cl2N4O4S2. The van der Waals surface area contributed by atoms with Crippen LogP contribution in [0.3, 0.4) is 0 Å². The SMILES string of the molecule is CN1CCCc2nc(C(=O)Nc3cc(C(=O)O)ccc3CNC(=O)c3ccc(Cl)s3)sc2C1.Cl. The highest BCUT2D eigenvalue weighted by molar-refractivity contribution is 7.18. The third-order valence-corrected chi connectivity index (χ3v) is 7.49. The van der Waals surface area contributed by atoms with Gasteiger partial charge in [0.2, 0.25) is 0 Å². The number of nitrogens with zero attached hydrogens (tertiary/aromatic N) is 2. The van der Waals surface area contributed by atoms with Gasteiger partial charge in [-0.25, -0.2) is 9.78 Å². The summed E-state index contributed by atoms with van der Waals surface area (Å²) in [5.41, 5.74) is 1.85. The van der Waals surface area contributed by atoms with Crippen molar-refractivity contribution in [2.24, 2.45) is 0 Å². The fourth-order valence-corrected chi connectivity index (χ4v) is 5.54. The van der Waals surface area contributed by atoms with Crippen molar-refractivity contribution in [2.45, 2.75) is 25.9 Å². The number of amides is 2. The summed E-state index contributed by atoms with van der Waals surface area (Å²) < 4.78 is 0.506. The van der Waals surface area contributed by atoms with Crippen LogP contribution in [0.25, 0.3) is 0 Å². The summed E-state index contributed by atoms with van der Waals surface area (Å²) in [5, 5.41) is 15.3. The zero-order valence-electron chi connectivity index (χ0n) is 18.1. The van der Waals surface area contributed by atoms with E-state index in [2.05, 4.69) is 20.5 Å². The van der Waals surface area contributed by atoms with Crippen LogP contribution >= 0.6 is 46.7 Å². The van der Waals surface area contributed by atoms with Crippen LogP contribution in [0.2, 0.25) is 4.34 Å². The summed E-state index contributed by atoms with van der Waals surface area (Å²) in [5.74, 6) is -1.83. The third kappa shape index (κ3) is 6.13. The number of thiophene rings is 1. The standard InChI is InChI=1S/C22H21ClN4O4S2.ClH/c1-27-8-2-3-14-17(11-27)33-21(26-14)20(29)25-15-9-12(22(30)31)4-5-13(15)10-24-19(28)16-6-7-18(23)32-16;/h4-7,9H,2-3,8,10-11H2,1H3,(H,24,28)(H,25,29)(H,30,31);1H. The maximum atomic E-state index is 13.0. The largest absolute Gasteiger partial charge is 0.478 e. The summed E-state index contributed by atoms with van der Waals surface area (Å²) in [6.45, 7) is 1.83. The highest BCUT2D eigenvalue weighted by Crippen LogP contribution is 2.26. The molecule has 2 aromatic heterocycles. The predicted molar refractivity (Wildman–Crippen MR) is 136 cm³/mol. The van der Waals surface area contributed by atoms with Crippen molar-refractivity contribution >= 4 is 70.2 Å². The van der Waals surface area contributed by atoms with E-state index < -0.39 is 11.9 Å². The number of halogens is 2. The lowest BCUT2D eigenvalue weighted by Crippen LogP contribution is -2.23. The molecule has 0 saturated carbocycles. The quantitative estimate of drug-likeness (QED) is 0.423. The van der Waals surface area contributed by atoms with Crippen molar-refractivity contribution in [2.75, 3.05) is 18.9 Å². The number of hydrogen-bond acceptors (Lipinski definition) is 7. The molecule has 0 unspecified atom stereocenters. The highest BCUT2D eigenvalue weighted by Gasteiger charge is 2.21. The van der Waals surface area contributed by atoms with Crippen molar-refractivity contribution in [1.82, 2.24) is 15.2 Å². The van der Waals surface area contributed by atoms with E-state index in [0.29, 0.717) is 25.5 Å². The van der Waals surface area contributed by atoms with E-state index in [9.17, 15) is 19.5 Å². The Labute approximate surface area is 215 Å². The number of aromatic nitrogens is 1. The van der Waals surface area contributed by atoms with Crippen LogP contribution in [0.5, 0.6) is 0 Å². The van der Waals surface area contributed by atoms with E-state index in [1.54, 1.807) is 18.2 Å². The minimum absolute atomic E-state index is 0. The number of rotatable bonds is 6. The number of carbonyl (C=O) groups is 3. The van der Waals surface area contributed by atoms with Crippen molar-refractivity contribution in [3.8, 4) is 0 Å². The van der Waals surface area contributed by atoms with Crippen LogP contribution in [0.1, 0.15) is 52.4 Å². The van der Waals surface area contributed by atoms with Gasteiger partial charge >= 0.3 is 5.97 Å². The van der Waals surface area contributed by atoms with Gasteiger partial charge in [-0.2, -0.15) is 0 Å². The van der Waals surface area contributed by atoms with E-state index in [1.807, 2.05) is 7.05 Å². The molecule has 12 heteroatoms. The minimum atomic E-state index is -1.11. The Morgan fingerprint density at radius 2 is 1.97 bits per heavy atom. The number of carbonyl (C=O) groups excluding carboxylic acids is 2. The Bertz CT molecular complexity index is 1230. The summed E-state index contributed by atoms with van der Waals surface area (Å²) >= 11 is 8.40. The van der Waals surface area contributed by atoms with E-state index in [0.717, 1.165) is 47.8 Å². The zero-order chi connectivity index (χ0) is 23.5. The lowest BCUT2D eigenvalue weighted by Gasteiger charge is -2.13. The fraction of sp³-hybridized carbons (Fsp3) is 0.273. The van der Waals surface area contributed by atoms with Crippen LogP contribution in [-0.4, -0.2) is 46.4 Å². The van der Waals surface area contributed by atoms with Gasteiger partial charge in [-0.15, -0.1) is 35.1 Å². The van der Waals surface area contributed by atoms with Gasteiger partial charge in [0.1, 0.15) is 0 Å². The molecule has 8 nitrogen and oxygen atoms in total. The number of fused-ring (bicyclic) bond motifs is 1. The monoisotopic (exact) mass is 540 g/mol. The predicted octanol–water partition coefficient (Wildman–Crippen LogP) is 4.54. The number of benzene rings is 1. The third-order valence-electron chi connectivity index (χ3n) is 5.18. The molecule has 2 amide bonds. The first-order chi connectivity index (χ1) is 15.8. The number of thiazole rings is 1. The van der Waals surface area contributed by atoms with Crippen molar-refractivity contribution < 1.29 is 19.5 Å². The summed E-state index contributed by atoms with van der Waals surface area (Å²) in [4.78, 5) is 45.1. The molecular weight excluding hydrogens is 519 g/mol. The van der Waals surface area contributed by atoms with Gasteiger partial charge in [-0.05, 0) is 56.3 Å². The molecule has 3 aromatic rings. The molecule has 0 atom stereocenters. The van der Waals surface area contributed by atoms with E-state index in [-0.39, 0.29) is 30.4 Å². The Hall–Kier alpha value is -2.50. The Morgan fingerprint density at radius 3 is 2.68 bits per heavy atom. The topological polar surface area (TPSA) is 112 Å². The normalized spacial score (nSPS) is 13.4. The van der Waals surface area contributed by atoms with Crippen molar-refractivity contribution in [1.29, 1.82) is 0 Å². The number of nitrogens with one attached hydrogen (secondary N) is 2. The number of aryl methyl sites for hydroxylation is 1. The number of aromatic carboxylic acids is 1. The second kappa shape index (κ2) is 11.3. The highest BCUT2D eigenvalue weighted by atomic mass is 35.5. The molecule has 0 bridgehead atoms. The minimum Gasteiger partial charge on any atom is -0.478 e. The molecule has 0 spiro atoms. The first-order valence-corrected chi connectivity index (χ1v) is 12.2. The average molecular weight is 541 g/mol. The van der Waals surface area contributed by atoms with Gasteiger partial charge in [0.15, 0.2) is 5.01 Å². The lowest BCUT2D eigenvalue weighted by molar-refractivity contribution is 0.0696. The Balaban J connectivity index is 0.00000324. The average Bonchev–Trinajstić information content (AvgIpc) is 3.34. The molecule has 1 aromatic carbocycles. The summed E-state index contributed by atoms with van der Waals surface area (Å²) in [7, 11) is 2.04. The molecule has 1 aliphatic rings. The van der Waals surface area contributed by atoms with Gasteiger partial charge in [0.25, 0.3) is 11.8 Å². The van der Waals surface area contributed by atoms with Crippen LogP contribution in [0, 0.1) is 0 Å². The second-order valence-electron chi connectivity index (χ2n) is 7.65. The van der Waals surface area contributed by atoms with Gasteiger partial charge in [-0.1, -0.05) is 17.7 Å². The molecule has 4 rings (SSSR count). The first kappa shape index (κ1) is 26.1. The molecule has 3 N–H and O–H groups in total. The summed E-state index contributed by atoms with van der Waals surface area (Å²) in [6, 6.07) is 7.66. The van der Waals surface area contributed by atoms with Gasteiger partial charge in [0.05, 0.1) is 20.5 Å². The van der Waals surface area contributed by atoms with Gasteiger partial charge in [0, 0.05) is 23.7 Å². The smallest absolute Gasteiger partial charge is 0.335 e.